The normalized spacial score (nSPS) is 40.5. The molecule has 0 aromatic carbocycles. The molecule has 0 saturated heterocycles. The highest BCUT2D eigenvalue weighted by molar-refractivity contribution is 5.88. The van der Waals surface area contributed by atoms with Crippen molar-refractivity contribution in [1.82, 2.24) is 10.6 Å². The van der Waals surface area contributed by atoms with E-state index < -0.39 is 16.4 Å². The van der Waals surface area contributed by atoms with Crippen LogP contribution in [-0.4, -0.2) is 34.4 Å². The average molecular weight is 432 g/mol. The minimum atomic E-state index is -1.12. The number of nitrogens with zero attached hydrogens (tertiary/aromatic N) is 1. The van der Waals surface area contributed by atoms with Crippen LogP contribution in [0.25, 0.3) is 0 Å². The van der Waals surface area contributed by atoms with E-state index in [1.165, 1.54) is 12.8 Å². The summed E-state index contributed by atoms with van der Waals surface area (Å²) in [5.41, 5.74) is -2.63. The van der Waals surface area contributed by atoms with Crippen molar-refractivity contribution in [3.05, 3.63) is 10.1 Å². The Bertz CT molecular complexity index is 708. The lowest BCUT2D eigenvalue weighted by atomic mass is 9.41. The number of hydrogen-bond acceptors (Lipinski definition) is 4. The molecule has 7 nitrogen and oxygen atoms in total. The van der Waals surface area contributed by atoms with Gasteiger partial charge >= 0.3 is 0 Å². The number of hydrogen-bond donors (Lipinski definition) is 2. The third-order valence-electron chi connectivity index (χ3n) is 9.27. The van der Waals surface area contributed by atoms with Gasteiger partial charge in [0.1, 0.15) is 0 Å². The number of carbonyl (C=O) groups is 2. The molecule has 2 N–H and O–H groups in total. The van der Waals surface area contributed by atoms with Crippen molar-refractivity contribution in [1.29, 1.82) is 0 Å². The van der Waals surface area contributed by atoms with Crippen molar-refractivity contribution in [3.63, 3.8) is 0 Å². The minimum absolute atomic E-state index is 0.00966. The third kappa shape index (κ3) is 3.66. The predicted molar refractivity (Wildman–Crippen MR) is 116 cm³/mol. The van der Waals surface area contributed by atoms with Gasteiger partial charge in [-0.1, -0.05) is 38.5 Å². The van der Waals surface area contributed by atoms with Crippen LogP contribution in [-0.2, 0) is 9.59 Å². The van der Waals surface area contributed by atoms with Crippen molar-refractivity contribution < 1.29 is 14.5 Å². The average Bonchev–Trinajstić information content (AvgIpc) is 2.74. The number of nitro groups is 1. The van der Waals surface area contributed by atoms with E-state index >= 15 is 0 Å². The minimum Gasteiger partial charge on any atom is -0.353 e. The van der Waals surface area contributed by atoms with E-state index in [4.69, 9.17) is 0 Å². The summed E-state index contributed by atoms with van der Waals surface area (Å²) in [4.78, 5) is 39.4. The Kier molecular flexibility index (Phi) is 5.29. The summed E-state index contributed by atoms with van der Waals surface area (Å²) in [7, 11) is 0. The summed E-state index contributed by atoms with van der Waals surface area (Å²) in [6, 6.07) is 0.376. The first-order chi connectivity index (χ1) is 14.8. The second-order valence-corrected chi connectivity index (χ2v) is 11.7. The molecular formula is C24H37N3O4. The van der Waals surface area contributed by atoms with Gasteiger partial charge in [0.25, 0.3) is 0 Å². The predicted octanol–water partition coefficient (Wildman–Crippen LogP) is 3.87. The molecule has 0 aromatic heterocycles. The molecule has 172 valence electrons. The maximum atomic E-state index is 13.6. The van der Waals surface area contributed by atoms with E-state index in [-0.39, 0.29) is 34.7 Å². The molecular weight excluding hydrogens is 394 g/mol. The molecule has 31 heavy (non-hydrogen) atoms. The molecule has 6 saturated carbocycles. The number of carbonyl (C=O) groups excluding carboxylic acids is 2. The molecule has 0 aromatic rings. The molecule has 4 bridgehead atoms. The molecule has 0 radical (unpaired) electrons. The Labute approximate surface area is 184 Å². The lowest BCUT2D eigenvalue weighted by molar-refractivity contribution is -0.592. The quantitative estimate of drug-likeness (QED) is 0.510. The van der Waals surface area contributed by atoms with Gasteiger partial charge < -0.3 is 10.6 Å². The zero-order chi connectivity index (χ0) is 21.7. The molecule has 6 fully saturated rings. The molecule has 0 spiro atoms. The van der Waals surface area contributed by atoms with Crippen molar-refractivity contribution in [2.75, 3.05) is 0 Å². The van der Waals surface area contributed by atoms with Crippen LogP contribution in [0.4, 0.5) is 0 Å². The second kappa shape index (κ2) is 7.73. The van der Waals surface area contributed by atoms with E-state index in [2.05, 4.69) is 10.6 Å². The maximum Gasteiger partial charge on any atom is 0.226 e. The SMILES string of the molecule is O=C(NC1CCCCC1)C12CC3CC(C(=O)NC4CCCCC4)(C1)CC([N+](=O)[O-])(C3)C2. The van der Waals surface area contributed by atoms with Crippen molar-refractivity contribution >= 4 is 11.8 Å². The van der Waals surface area contributed by atoms with E-state index in [0.717, 1.165) is 51.4 Å². The van der Waals surface area contributed by atoms with Gasteiger partial charge in [0, 0.05) is 36.3 Å². The lowest BCUT2D eigenvalue weighted by Gasteiger charge is -2.61. The highest BCUT2D eigenvalue weighted by Gasteiger charge is 2.72. The molecule has 7 heteroatoms. The number of amides is 2. The smallest absolute Gasteiger partial charge is 0.226 e. The zero-order valence-corrected chi connectivity index (χ0v) is 18.6. The van der Waals surface area contributed by atoms with Gasteiger partial charge in [-0.05, 0) is 50.9 Å². The zero-order valence-electron chi connectivity index (χ0n) is 18.6. The van der Waals surface area contributed by atoms with Gasteiger partial charge in [0.15, 0.2) is 0 Å². The fourth-order valence-corrected chi connectivity index (χ4v) is 8.27. The van der Waals surface area contributed by atoms with Gasteiger partial charge in [-0.15, -0.1) is 0 Å². The Hall–Kier alpha value is -1.66. The van der Waals surface area contributed by atoms with Crippen LogP contribution < -0.4 is 10.6 Å². The molecule has 2 unspecified atom stereocenters. The largest absolute Gasteiger partial charge is 0.353 e. The van der Waals surface area contributed by atoms with Gasteiger partial charge in [0.05, 0.1) is 10.8 Å². The van der Waals surface area contributed by atoms with Crippen LogP contribution in [0.3, 0.4) is 0 Å². The number of nitrogens with one attached hydrogen (secondary N) is 2. The van der Waals surface area contributed by atoms with E-state index in [0.29, 0.717) is 38.5 Å². The van der Waals surface area contributed by atoms with E-state index in [1.54, 1.807) is 0 Å². The van der Waals surface area contributed by atoms with Crippen molar-refractivity contribution in [2.24, 2.45) is 16.7 Å². The number of rotatable bonds is 5. The van der Waals surface area contributed by atoms with Crippen LogP contribution in [0.1, 0.15) is 103 Å². The second-order valence-electron chi connectivity index (χ2n) is 11.7. The fraction of sp³-hybridized carbons (Fsp3) is 0.917. The summed E-state index contributed by atoms with van der Waals surface area (Å²) in [6.45, 7) is 0. The summed E-state index contributed by atoms with van der Waals surface area (Å²) < 4.78 is 0. The van der Waals surface area contributed by atoms with E-state index in [9.17, 15) is 19.7 Å². The molecule has 6 aliphatic rings. The first kappa shape index (κ1) is 21.2. The van der Waals surface area contributed by atoms with Crippen LogP contribution in [0.2, 0.25) is 0 Å². The maximum absolute atomic E-state index is 13.6. The summed E-state index contributed by atoms with van der Waals surface area (Å²) in [5.74, 6) is 0.0741. The van der Waals surface area contributed by atoms with Gasteiger partial charge in [-0.25, -0.2) is 0 Å². The van der Waals surface area contributed by atoms with Crippen LogP contribution in [0.15, 0.2) is 0 Å². The molecule has 6 aliphatic carbocycles. The van der Waals surface area contributed by atoms with Crippen LogP contribution in [0.5, 0.6) is 0 Å². The van der Waals surface area contributed by atoms with Crippen LogP contribution in [0, 0.1) is 26.9 Å². The van der Waals surface area contributed by atoms with Crippen molar-refractivity contribution in [3.8, 4) is 0 Å². The first-order valence-electron chi connectivity index (χ1n) is 12.6. The highest BCUT2D eigenvalue weighted by Crippen LogP contribution is 2.67. The first-order valence-corrected chi connectivity index (χ1v) is 12.6. The molecule has 0 heterocycles. The summed E-state index contributed by atoms with van der Waals surface area (Å²) in [6.07, 6.45) is 14.0. The van der Waals surface area contributed by atoms with Gasteiger partial charge in [-0.2, -0.15) is 0 Å². The molecule has 0 aliphatic heterocycles. The van der Waals surface area contributed by atoms with E-state index in [1.807, 2.05) is 0 Å². The Morgan fingerprint density at radius 1 is 0.710 bits per heavy atom. The molecule has 6 rings (SSSR count). The topological polar surface area (TPSA) is 101 Å². The van der Waals surface area contributed by atoms with Gasteiger partial charge in [-0.3, -0.25) is 19.7 Å². The Morgan fingerprint density at radius 2 is 1.16 bits per heavy atom. The Balaban J connectivity index is 1.41. The summed E-state index contributed by atoms with van der Waals surface area (Å²) in [5, 5.41) is 18.9. The standard InChI is InChI=1S/C24H37N3O4/c28-20(25-18-7-3-1-4-8-18)22-11-17-12-23(14-22,16-24(13-17,15-22)27(30)31)21(29)26-19-9-5-2-6-10-19/h17-19H,1-16H2,(H,25,28)(H,26,29). The summed E-state index contributed by atoms with van der Waals surface area (Å²) >= 11 is 0. The molecule has 2 amide bonds. The third-order valence-corrected chi connectivity index (χ3v) is 9.27. The molecule has 2 atom stereocenters. The Morgan fingerprint density at radius 3 is 1.58 bits per heavy atom. The van der Waals surface area contributed by atoms with Crippen LogP contribution >= 0.6 is 0 Å². The van der Waals surface area contributed by atoms with Crippen molar-refractivity contribution in [2.45, 2.75) is 120 Å². The monoisotopic (exact) mass is 431 g/mol. The fourth-order valence-electron chi connectivity index (χ4n) is 8.27. The van der Waals surface area contributed by atoms with Gasteiger partial charge in [0.2, 0.25) is 17.4 Å². The lowest BCUT2D eigenvalue weighted by Crippen LogP contribution is -2.69. The highest BCUT2D eigenvalue weighted by atomic mass is 16.6.